The lowest BCUT2D eigenvalue weighted by Gasteiger charge is -2.16. The molecule has 2 aromatic rings. The highest BCUT2D eigenvalue weighted by molar-refractivity contribution is 5.88. The summed E-state index contributed by atoms with van der Waals surface area (Å²) < 4.78 is 0. The normalized spacial score (nSPS) is 24.4. The Morgan fingerprint density at radius 2 is 2.06 bits per heavy atom. The Balaban J connectivity index is 2.15. The van der Waals surface area contributed by atoms with Gasteiger partial charge in [-0.15, -0.1) is 0 Å². The van der Waals surface area contributed by atoms with E-state index in [4.69, 9.17) is 0 Å². The number of rotatable bonds is 1. The average Bonchev–Trinajstić information content (AvgIpc) is 2.69. The van der Waals surface area contributed by atoms with Crippen LogP contribution in [0.1, 0.15) is 31.2 Å². The van der Waals surface area contributed by atoms with Crippen LogP contribution in [-0.2, 0) is 4.79 Å². The Morgan fingerprint density at radius 1 is 1.24 bits per heavy atom. The summed E-state index contributed by atoms with van der Waals surface area (Å²) >= 11 is 0. The highest BCUT2D eigenvalue weighted by Gasteiger charge is 2.32. The molecule has 1 aromatic carbocycles. The Bertz CT molecular complexity index is 571. The lowest BCUT2D eigenvalue weighted by molar-refractivity contribution is -0.120. The van der Waals surface area contributed by atoms with Gasteiger partial charge >= 0.3 is 0 Å². The molecule has 2 atom stereocenters. The molecule has 2 nitrogen and oxygen atoms in total. The first-order valence-corrected chi connectivity index (χ1v) is 6.13. The summed E-state index contributed by atoms with van der Waals surface area (Å²) in [5, 5.41) is 2.41. The molecule has 0 bridgehead atoms. The van der Waals surface area contributed by atoms with Crippen LogP contribution in [0.4, 0.5) is 0 Å². The molecular formula is C15H15NO. The van der Waals surface area contributed by atoms with Crippen molar-refractivity contribution in [3.63, 3.8) is 0 Å². The number of fused-ring (bicyclic) bond motifs is 1. The van der Waals surface area contributed by atoms with Crippen LogP contribution in [0.2, 0.25) is 0 Å². The molecule has 0 aliphatic heterocycles. The quantitative estimate of drug-likeness (QED) is 0.745. The van der Waals surface area contributed by atoms with Crippen molar-refractivity contribution in [2.75, 3.05) is 0 Å². The van der Waals surface area contributed by atoms with Crippen molar-refractivity contribution in [3.05, 3.63) is 42.2 Å². The predicted molar refractivity (Wildman–Crippen MR) is 67.9 cm³/mol. The van der Waals surface area contributed by atoms with E-state index in [2.05, 4.69) is 17.1 Å². The second kappa shape index (κ2) is 3.95. The van der Waals surface area contributed by atoms with Gasteiger partial charge in [0.15, 0.2) is 0 Å². The Hall–Kier alpha value is -1.70. The molecule has 1 saturated carbocycles. The molecule has 1 heterocycles. The third kappa shape index (κ3) is 1.64. The standard InChI is InChI=1S/C15H15NO/c1-10-12(6-7-15(10)17)14-9-16-8-11-4-2-3-5-13(11)14/h2-5,8-10,12H,6-7H2,1H3. The zero-order chi connectivity index (χ0) is 11.8. The minimum atomic E-state index is 0.141. The third-order valence-electron chi connectivity index (χ3n) is 3.91. The maximum atomic E-state index is 11.7. The summed E-state index contributed by atoms with van der Waals surface area (Å²) in [5.41, 5.74) is 1.24. The summed E-state index contributed by atoms with van der Waals surface area (Å²) in [6.45, 7) is 2.04. The highest BCUT2D eigenvalue weighted by Crippen LogP contribution is 2.39. The van der Waals surface area contributed by atoms with Gasteiger partial charge in [-0.2, -0.15) is 0 Å². The van der Waals surface area contributed by atoms with Gasteiger partial charge in [-0.05, 0) is 23.3 Å². The van der Waals surface area contributed by atoms with E-state index in [9.17, 15) is 4.79 Å². The fraction of sp³-hybridized carbons (Fsp3) is 0.333. The van der Waals surface area contributed by atoms with Crippen LogP contribution in [0.3, 0.4) is 0 Å². The SMILES string of the molecule is CC1C(=O)CCC1c1cncc2ccccc12. The minimum absolute atomic E-state index is 0.141. The van der Waals surface area contributed by atoms with E-state index >= 15 is 0 Å². The summed E-state index contributed by atoms with van der Waals surface area (Å²) in [5.74, 6) is 0.881. The second-order valence-electron chi connectivity index (χ2n) is 4.85. The van der Waals surface area contributed by atoms with E-state index in [0.29, 0.717) is 11.7 Å². The van der Waals surface area contributed by atoms with Crippen LogP contribution >= 0.6 is 0 Å². The molecule has 1 aliphatic rings. The van der Waals surface area contributed by atoms with Gasteiger partial charge in [0.05, 0.1) is 0 Å². The van der Waals surface area contributed by atoms with Crippen molar-refractivity contribution in [1.29, 1.82) is 0 Å². The molecule has 0 saturated heterocycles. The zero-order valence-electron chi connectivity index (χ0n) is 9.89. The van der Waals surface area contributed by atoms with Gasteiger partial charge in [-0.25, -0.2) is 0 Å². The maximum Gasteiger partial charge on any atom is 0.136 e. The molecule has 3 rings (SSSR count). The predicted octanol–water partition coefficient (Wildman–Crippen LogP) is 3.32. The van der Waals surface area contributed by atoms with Crippen molar-refractivity contribution in [1.82, 2.24) is 4.98 Å². The van der Waals surface area contributed by atoms with Gasteiger partial charge in [0.25, 0.3) is 0 Å². The molecule has 0 N–H and O–H groups in total. The highest BCUT2D eigenvalue weighted by atomic mass is 16.1. The fourth-order valence-corrected chi connectivity index (χ4v) is 2.86. The molecule has 1 aromatic heterocycles. The summed E-state index contributed by atoms with van der Waals surface area (Å²) in [7, 11) is 0. The molecule has 86 valence electrons. The van der Waals surface area contributed by atoms with Crippen molar-refractivity contribution < 1.29 is 4.79 Å². The van der Waals surface area contributed by atoms with E-state index in [-0.39, 0.29) is 5.92 Å². The maximum absolute atomic E-state index is 11.7. The number of hydrogen-bond donors (Lipinski definition) is 0. The number of Topliss-reactive ketones (excluding diaryl/α,β-unsaturated/α-hetero) is 1. The number of carbonyl (C=O) groups excluding carboxylic acids is 1. The summed E-state index contributed by atoms with van der Waals surface area (Å²) in [6.07, 6.45) is 5.51. The first-order valence-electron chi connectivity index (χ1n) is 6.13. The van der Waals surface area contributed by atoms with Gasteiger partial charge in [-0.3, -0.25) is 9.78 Å². The number of hydrogen-bond acceptors (Lipinski definition) is 2. The second-order valence-corrected chi connectivity index (χ2v) is 4.85. The van der Waals surface area contributed by atoms with Crippen molar-refractivity contribution in [2.45, 2.75) is 25.7 Å². The van der Waals surface area contributed by atoms with Crippen LogP contribution in [0.15, 0.2) is 36.7 Å². The molecular weight excluding hydrogens is 210 g/mol. The summed E-state index contributed by atoms with van der Waals surface area (Å²) in [4.78, 5) is 16.0. The van der Waals surface area contributed by atoms with Crippen LogP contribution in [-0.4, -0.2) is 10.8 Å². The number of nitrogens with zero attached hydrogens (tertiary/aromatic N) is 1. The Morgan fingerprint density at radius 3 is 2.82 bits per heavy atom. The number of carbonyl (C=O) groups is 1. The van der Waals surface area contributed by atoms with Crippen molar-refractivity contribution >= 4 is 16.6 Å². The van der Waals surface area contributed by atoms with Crippen LogP contribution in [0.25, 0.3) is 10.8 Å². The van der Waals surface area contributed by atoms with E-state index in [0.717, 1.165) is 18.2 Å². The first kappa shape index (κ1) is 10.5. The smallest absolute Gasteiger partial charge is 0.136 e. The monoisotopic (exact) mass is 225 g/mol. The average molecular weight is 225 g/mol. The zero-order valence-corrected chi connectivity index (χ0v) is 9.89. The topological polar surface area (TPSA) is 30.0 Å². The lowest BCUT2D eigenvalue weighted by atomic mass is 9.88. The molecule has 0 radical (unpaired) electrons. The van der Waals surface area contributed by atoms with E-state index in [1.165, 1.54) is 10.9 Å². The number of aromatic nitrogens is 1. The lowest BCUT2D eigenvalue weighted by Crippen LogP contribution is -2.09. The molecule has 0 spiro atoms. The van der Waals surface area contributed by atoms with E-state index in [1.807, 2.05) is 31.5 Å². The third-order valence-corrected chi connectivity index (χ3v) is 3.91. The Kier molecular flexibility index (Phi) is 2.43. The number of ketones is 1. The van der Waals surface area contributed by atoms with Crippen molar-refractivity contribution in [3.8, 4) is 0 Å². The first-order chi connectivity index (χ1) is 8.27. The van der Waals surface area contributed by atoms with Crippen LogP contribution < -0.4 is 0 Å². The summed E-state index contributed by atoms with van der Waals surface area (Å²) in [6, 6.07) is 8.28. The molecule has 2 unspecified atom stereocenters. The largest absolute Gasteiger partial charge is 0.299 e. The van der Waals surface area contributed by atoms with Gasteiger partial charge in [0.1, 0.15) is 5.78 Å². The van der Waals surface area contributed by atoms with Gasteiger partial charge in [0, 0.05) is 30.1 Å². The minimum Gasteiger partial charge on any atom is -0.299 e. The number of benzene rings is 1. The number of pyridine rings is 1. The molecule has 2 heteroatoms. The van der Waals surface area contributed by atoms with Gasteiger partial charge in [0.2, 0.25) is 0 Å². The van der Waals surface area contributed by atoms with E-state index < -0.39 is 0 Å². The van der Waals surface area contributed by atoms with E-state index in [1.54, 1.807) is 0 Å². The van der Waals surface area contributed by atoms with Crippen molar-refractivity contribution in [2.24, 2.45) is 5.92 Å². The van der Waals surface area contributed by atoms with Gasteiger partial charge < -0.3 is 0 Å². The van der Waals surface area contributed by atoms with Gasteiger partial charge in [-0.1, -0.05) is 31.2 Å². The van der Waals surface area contributed by atoms with Crippen LogP contribution in [0, 0.1) is 5.92 Å². The van der Waals surface area contributed by atoms with Crippen LogP contribution in [0.5, 0.6) is 0 Å². The molecule has 0 amide bonds. The fourth-order valence-electron chi connectivity index (χ4n) is 2.86. The molecule has 17 heavy (non-hydrogen) atoms. The Labute approximate surface area is 101 Å². The molecule has 1 fully saturated rings. The molecule has 1 aliphatic carbocycles.